The highest BCUT2D eigenvalue weighted by atomic mass is 16.5. The maximum absolute atomic E-state index is 11.9. The van der Waals surface area contributed by atoms with Crippen molar-refractivity contribution in [3.8, 4) is 0 Å². The van der Waals surface area contributed by atoms with Gasteiger partial charge < -0.3 is 25.8 Å². The number of carbonyl (C=O) groups excluding carboxylic acids is 2. The van der Waals surface area contributed by atoms with Crippen LogP contribution < -0.4 is 11.1 Å². The van der Waals surface area contributed by atoms with Crippen LogP contribution in [0.1, 0.15) is 13.8 Å². The highest BCUT2D eigenvalue weighted by molar-refractivity contribution is 5.87. The number of carboxylic acid groups (broad SMARTS) is 1. The van der Waals surface area contributed by atoms with E-state index in [-0.39, 0.29) is 31.5 Å². The Labute approximate surface area is 117 Å². The van der Waals surface area contributed by atoms with Crippen molar-refractivity contribution in [2.75, 3.05) is 26.2 Å². The van der Waals surface area contributed by atoms with E-state index in [1.165, 1.54) is 4.90 Å². The predicted molar refractivity (Wildman–Crippen MR) is 69.8 cm³/mol. The molecule has 0 saturated carbocycles. The first-order valence-electron chi connectivity index (χ1n) is 6.48. The fraction of sp³-hybridized carbons (Fsp3) is 0.750. The van der Waals surface area contributed by atoms with Gasteiger partial charge >= 0.3 is 5.97 Å². The number of carboxylic acids is 1. The van der Waals surface area contributed by atoms with Crippen LogP contribution in [0.5, 0.6) is 0 Å². The molecule has 1 rings (SSSR count). The van der Waals surface area contributed by atoms with Gasteiger partial charge in [0.1, 0.15) is 0 Å². The van der Waals surface area contributed by atoms with E-state index in [1.54, 1.807) is 0 Å². The topological polar surface area (TPSA) is 122 Å². The Bertz CT molecular complexity index is 385. The van der Waals surface area contributed by atoms with Gasteiger partial charge in [-0.15, -0.1) is 0 Å². The third-order valence-corrected chi connectivity index (χ3v) is 3.13. The molecule has 1 aliphatic heterocycles. The summed E-state index contributed by atoms with van der Waals surface area (Å²) in [4.78, 5) is 35.7. The number of morpholine rings is 1. The number of nitrogens with one attached hydrogen (secondary N) is 1. The van der Waals surface area contributed by atoms with E-state index in [0.29, 0.717) is 6.54 Å². The lowest BCUT2D eigenvalue weighted by atomic mass is 10.1. The molecule has 0 bridgehead atoms. The van der Waals surface area contributed by atoms with Crippen molar-refractivity contribution in [3.05, 3.63) is 0 Å². The van der Waals surface area contributed by atoms with Crippen LogP contribution in [-0.4, -0.2) is 66.2 Å². The molecule has 8 heteroatoms. The number of hydrogen-bond donors (Lipinski definition) is 3. The molecule has 0 aromatic carbocycles. The van der Waals surface area contributed by atoms with E-state index in [2.05, 4.69) is 5.32 Å². The molecule has 1 unspecified atom stereocenters. The van der Waals surface area contributed by atoms with Crippen LogP contribution in [0.2, 0.25) is 0 Å². The summed E-state index contributed by atoms with van der Waals surface area (Å²) in [6.45, 7) is 3.90. The van der Waals surface area contributed by atoms with Crippen molar-refractivity contribution in [1.29, 1.82) is 0 Å². The molecular weight excluding hydrogens is 266 g/mol. The fourth-order valence-electron chi connectivity index (χ4n) is 1.72. The fourth-order valence-corrected chi connectivity index (χ4v) is 1.72. The second kappa shape index (κ2) is 7.20. The smallest absolute Gasteiger partial charge is 0.334 e. The molecular formula is C12H21N3O5. The van der Waals surface area contributed by atoms with Crippen molar-refractivity contribution in [2.45, 2.75) is 26.0 Å². The highest BCUT2D eigenvalue weighted by Crippen LogP contribution is 2.05. The standard InChI is InChI=1S/C12H21N3O5/c1-7(2)10(13)11(17)14-5-9(16)15-3-4-20-8(6-15)12(18)19/h7-8,10H,3-6,13H2,1-2H3,(H,14,17)(H,18,19)/t8?,10-/m0/s1. The number of aliphatic carboxylic acids is 1. The number of nitrogens with zero attached hydrogens (tertiary/aromatic N) is 1. The van der Waals surface area contributed by atoms with E-state index >= 15 is 0 Å². The van der Waals surface area contributed by atoms with Crippen LogP contribution in [0.25, 0.3) is 0 Å². The molecule has 8 nitrogen and oxygen atoms in total. The number of amides is 2. The zero-order chi connectivity index (χ0) is 15.3. The average Bonchev–Trinajstić information content (AvgIpc) is 2.43. The molecule has 2 atom stereocenters. The van der Waals surface area contributed by atoms with E-state index in [1.807, 2.05) is 13.8 Å². The van der Waals surface area contributed by atoms with Gasteiger partial charge in [-0.2, -0.15) is 0 Å². The largest absolute Gasteiger partial charge is 0.479 e. The molecule has 4 N–H and O–H groups in total. The summed E-state index contributed by atoms with van der Waals surface area (Å²) >= 11 is 0. The van der Waals surface area contributed by atoms with E-state index < -0.39 is 24.0 Å². The lowest BCUT2D eigenvalue weighted by Gasteiger charge is -2.31. The molecule has 1 heterocycles. The lowest BCUT2D eigenvalue weighted by Crippen LogP contribution is -2.52. The Balaban J connectivity index is 2.43. The SMILES string of the molecule is CC(C)[C@H](N)C(=O)NCC(=O)N1CCOC(C(=O)O)C1. The van der Waals surface area contributed by atoms with Gasteiger partial charge in [-0.3, -0.25) is 9.59 Å². The van der Waals surface area contributed by atoms with Gasteiger partial charge in [0, 0.05) is 6.54 Å². The Morgan fingerprint density at radius 2 is 2.10 bits per heavy atom. The van der Waals surface area contributed by atoms with Gasteiger partial charge in [-0.25, -0.2) is 4.79 Å². The molecule has 0 aromatic rings. The summed E-state index contributed by atoms with van der Waals surface area (Å²) in [6.07, 6.45) is -1.01. The summed E-state index contributed by atoms with van der Waals surface area (Å²) < 4.78 is 5.01. The number of nitrogens with two attached hydrogens (primary N) is 1. The molecule has 2 amide bonds. The maximum atomic E-state index is 11.9. The Morgan fingerprint density at radius 3 is 2.65 bits per heavy atom. The van der Waals surface area contributed by atoms with Crippen LogP contribution >= 0.6 is 0 Å². The van der Waals surface area contributed by atoms with Gasteiger partial charge in [-0.1, -0.05) is 13.8 Å². The van der Waals surface area contributed by atoms with E-state index in [0.717, 1.165) is 0 Å². The lowest BCUT2D eigenvalue weighted by molar-refractivity contribution is -0.159. The molecule has 20 heavy (non-hydrogen) atoms. The quantitative estimate of drug-likeness (QED) is 0.559. The van der Waals surface area contributed by atoms with Gasteiger partial charge in [-0.05, 0) is 5.92 Å². The van der Waals surface area contributed by atoms with Crippen LogP contribution in [0.15, 0.2) is 0 Å². The van der Waals surface area contributed by atoms with Gasteiger partial charge in [0.15, 0.2) is 6.10 Å². The van der Waals surface area contributed by atoms with Crippen LogP contribution in [0.4, 0.5) is 0 Å². The molecule has 0 radical (unpaired) electrons. The minimum atomic E-state index is -1.10. The second-order valence-electron chi connectivity index (χ2n) is 5.03. The Hall–Kier alpha value is -1.67. The monoisotopic (exact) mass is 287 g/mol. The zero-order valence-corrected chi connectivity index (χ0v) is 11.7. The Kier molecular flexibility index (Phi) is 5.90. The minimum Gasteiger partial charge on any atom is -0.479 e. The predicted octanol–water partition coefficient (Wildman–Crippen LogP) is -1.60. The molecule has 0 aliphatic carbocycles. The van der Waals surface area contributed by atoms with Crippen molar-refractivity contribution in [1.82, 2.24) is 10.2 Å². The van der Waals surface area contributed by atoms with Crippen molar-refractivity contribution in [3.63, 3.8) is 0 Å². The molecule has 0 spiro atoms. The average molecular weight is 287 g/mol. The molecule has 1 fully saturated rings. The Morgan fingerprint density at radius 1 is 1.45 bits per heavy atom. The van der Waals surface area contributed by atoms with Crippen molar-refractivity contribution < 1.29 is 24.2 Å². The second-order valence-corrected chi connectivity index (χ2v) is 5.03. The normalized spacial score (nSPS) is 20.6. The first-order chi connectivity index (χ1) is 9.32. The third kappa shape index (κ3) is 4.46. The number of rotatable bonds is 5. The minimum absolute atomic E-state index is 0.0136. The first-order valence-corrected chi connectivity index (χ1v) is 6.48. The van der Waals surface area contributed by atoms with Gasteiger partial charge in [0.05, 0.1) is 25.7 Å². The summed E-state index contributed by atoms with van der Waals surface area (Å²) in [7, 11) is 0. The van der Waals surface area contributed by atoms with Gasteiger partial charge in [0.2, 0.25) is 11.8 Å². The highest BCUT2D eigenvalue weighted by Gasteiger charge is 2.29. The first kappa shape index (κ1) is 16.4. The molecule has 1 aliphatic rings. The van der Waals surface area contributed by atoms with E-state index in [4.69, 9.17) is 15.6 Å². The van der Waals surface area contributed by atoms with E-state index in [9.17, 15) is 14.4 Å². The van der Waals surface area contributed by atoms with Crippen LogP contribution in [0, 0.1) is 5.92 Å². The van der Waals surface area contributed by atoms with Gasteiger partial charge in [0.25, 0.3) is 0 Å². The van der Waals surface area contributed by atoms with Crippen molar-refractivity contribution in [2.24, 2.45) is 11.7 Å². The zero-order valence-electron chi connectivity index (χ0n) is 11.7. The summed E-state index contributed by atoms with van der Waals surface area (Å²) in [5.41, 5.74) is 5.65. The van der Waals surface area contributed by atoms with Crippen LogP contribution in [0.3, 0.4) is 0 Å². The number of ether oxygens (including phenoxy) is 1. The third-order valence-electron chi connectivity index (χ3n) is 3.13. The number of hydrogen-bond acceptors (Lipinski definition) is 5. The summed E-state index contributed by atoms with van der Waals surface area (Å²) in [5.74, 6) is -1.86. The van der Waals surface area contributed by atoms with Crippen LogP contribution in [-0.2, 0) is 19.1 Å². The maximum Gasteiger partial charge on any atom is 0.334 e. The summed E-state index contributed by atoms with van der Waals surface area (Å²) in [5, 5.41) is 11.3. The summed E-state index contributed by atoms with van der Waals surface area (Å²) in [6, 6.07) is -0.667. The molecule has 1 saturated heterocycles. The number of carbonyl (C=O) groups is 3. The molecule has 0 aromatic heterocycles. The van der Waals surface area contributed by atoms with Crippen molar-refractivity contribution >= 4 is 17.8 Å². The molecule has 114 valence electrons.